The van der Waals surface area contributed by atoms with Crippen molar-refractivity contribution < 1.29 is 18.0 Å². The summed E-state index contributed by atoms with van der Waals surface area (Å²) in [7, 11) is 0. The van der Waals surface area contributed by atoms with E-state index >= 15 is 0 Å². The van der Waals surface area contributed by atoms with Gasteiger partial charge in [0, 0.05) is 30.1 Å². The first-order valence-electron chi connectivity index (χ1n) is 7.84. The third-order valence-electron chi connectivity index (χ3n) is 4.16. The summed E-state index contributed by atoms with van der Waals surface area (Å²) in [6.45, 7) is 0.354. The van der Waals surface area contributed by atoms with Crippen LogP contribution in [0.25, 0.3) is 4.96 Å². The number of rotatable bonds is 4. The maximum absolute atomic E-state index is 12.2. The fourth-order valence-corrected chi connectivity index (χ4v) is 3.62. The van der Waals surface area contributed by atoms with Crippen LogP contribution in [-0.2, 0) is 11.3 Å². The van der Waals surface area contributed by atoms with Crippen molar-refractivity contribution in [2.45, 2.75) is 25.6 Å². The van der Waals surface area contributed by atoms with Gasteiger partial charge in [0.2, 0.25) is 5.91 Å². The van der Waals surface area contributed by atoms with Gasteiger partial charge >= 0.3 is 6.18 Å². The van der Waals surface area contributed by atoms with Gasteiger partial charge < -0.3 is 5.32 Å². The summed E-state index contributed by atoms with van der Waals surface area (Å²) in [5.41, 5.74) is 0.523. The number of likely N-dealkylation sites (tertiary alicyclic amines) is 1. The number of aromatic nitrogens is 2. The molecule has 2 aromatic heterocycles. The van der Waals surface area contributed by atoms with E-state index in [4.69, 9.17) is 0 Å². The zero-order chi connectivity index (χ0) is 18.0. The lowest BCUT2D eigenvalue weighted by atomic mass is 9.96. The van der Waals surface area contributed by atoms with Gasteiger partial charge in [-0.25, -0.2) is 4.98 Å². The number of nitrogens with zero attached hydrogens (tertiary/aromatic N) is 3. The molecule has 0 unspecified atom stereocenters. The van der Waals surface area contributed by atoms with Gasteiger partial charge in [0.15, 0.2) is 4.96 Å². The number of piperidine rings is 1. The summed E-state index contributed by atoms with van der Waals surface area (Å²) in [5, 5.41) is 3.73. The first-order valence-corrected chi connectivity index (χ1v) is 8.72. The molecule has 6 nitrogen and oxygen atoms in total. The number of hydrogen-bond donors (Lipinski definition) is 1. The number of amides is 1. The summed E-state index contributed by atoms with van der Waals surface area (Å²) in [4.78, 5) is 30.9. The van der Waals surface area contributed by atoms with E-state index in [1.165, 1.54) is 21.8 Å². The van der Waals surface area contributed by atoms with Crippen LogP contribution in [-0.4, -0.2) is 46.0 Å². The monoisotopic (exact) mass is 374 g/mol. The van der Waals surface area contributed by atoms with E-state index in [-0.39, 0.29) is 5.56 Å². The van der Waals surface area contributed by atoms with Gasteiger partial charge in [0.25, 0.3) is 5.56 Å². The second kappa shape index (κ2) is 7.12. The average molecular weight is 374 g/mol. The zero-order valence-electron chi connectivity index (χ0n) is 13.3. The van der Waals surface area contributed by atoms with Gasteiger partial charge in [-0.3, -0.25) is 18.9 Å². The second-order valence-corrected chi connectivity index (χ2v) is 6.90. The Labute approximate surface area is 145 Å². The maximum atomic E-state index is 12.2. The highest BCUT2D eigenvalue weighted by Crippen LogP contribution is 2.20. The summed E-state index contributed by atoms with van der Waals surface area (Å²) < 4.78 is 37.9. The van der Waals surface area contributed by atoms with Crippen LogP contribution in [0.3, 0.4) is 0 Å². The highest BCUT2D eigenvalue weighted by atomic mass is 32.1. The lowest BCUT2D eigenvalue weighted by Crippen LogP contribution is -2.42. The van der Waals surface area contributed by atoms with E-state index in [9.17, 15) is 22.8 Å². The highest BCUT2D eigenvalue weighted by Gasteiger charge is 2.31. The van der Waals surface area contributed by atoms with E-state index < -0.39 is 24.5 Å². The molecule has 10 heteroatoms. The highest BCUT2D eigenvalue weighted by molar-refractivity contribution is 7.15. The van der Waals surface area contributed by atoms with E-state index in [1.807, 2.05) is 5.32 Å². The van der Waals surface area contributed by atoms with Crippen molar-refractivity contribution in [3.05, 3.63) is 33.7 Å². The van der Waals surface area contributed by atoms with E-state index in [2.05, 4.69) is 9.88 Å². The number of carbonyl (C=O) groups excluding carboxylic acids is 1. The molecular weight excluding hydrogens is 357 g/mol. The summed E-state index contributed by atoms with van der Waals surface area (Å²) in [6.07, 6.45) is -1.74. The average Bonchev–Trinajstić information content (AvgIpc) is 3.02. The Balaban J connectivity index is 1.53. The minimum atomic E-state index is -4.39. The number of carbonyl (C=O) groups is 1. The lowest BCUT2D eigenvalue weighted by molar-refractivity contribution is -0.141. The van der Waals surface area contributed by atoms with E-state index in [0.29, 0.717) is 43.1 Å². The molecule has 0 aromatic carbocycles. The molecule has 1 amide bonds. The minimum absolute atomic E-state index is 0.136. The topological polar surface area (TPSA) is 66.7 Å². The molecule has 0 saturated carbocycles. The molecule has 1 aliphatic heterocycles. The molecule has 0 atom stereocenters. The van der Waals surface area contributed by atoms with Crippen LogP contribution in [0.5, 0.6) is 0 Å². The molecule has 136 valence electrons. The van der Waals surface area contributed by atoms with Crippen LogP contribution in [0.15, 0.2) is 22.4 Å². The molecule has 1 fully saturated rings. The van der Waals surface area contributed by atoms with Gasteiger partial charge in [-0.15, -0.1) is 11.3 Å². The molecule has 3 rings (SSSR count). The SMILES string of the molecule is O=C(NCC(F)(F)F)C1CCN(Cc2cc(=O)n3ccsc3n2)CC1. The number of fused-ring (bicyclic) bond motifs is 1. The molecule has 1 saturated heterocycles. The molecule has 0 bridgehead atoms. The Morgan fingerprint density at radius 2 is 2.08 bits per heavy atom. The summed E-state index contributed by atoms with van der Waals surface area (Å²) >= 11 is 1.38. The van der Waals surface area contributed by atoms with Crippen molar-refractivity contribution >= 4 is 22.2 Å². The fourth-order valence-electron chi connectivity index (χ4n) is 2.88. The Morgan fingerprint density at radius 3 is 2.76 bits per heavy atom. The van der Waals surface area contributed by atoms with Crippen LogP contribution < -0.4 is 10.9 Å². The third kappa shape index (κ3) is 4.57. The number of alkyl halides is 3. The van der Waals surface area contributed by atoms with Crippen LogP contribution in [0.4, 0.5) is 13.2 Å². The predicted octanol–water partition coefficient (Wildman–Crippen LogP) is 1.65. The molecule has 2 aromatic rings. The van der Waals surface area contributed by atoms with Gasteiger partial charge in [0.05, 0.1) is 5.69 Å². The quantitative estimate of drug-likeness (QED) is 0.884. The molecule has 25 heavy (non-hydrogen) atoms. The van der Waals surface area contributed by atoms with Gasteiger partial charge in [-0.1, -0.05) is 0 Å². The Bertz CT molecular complexity index is 809. The Kier molecular flexibility index (Phi) is 5.09. The smallest absolute Gasteiger partial charge is 0.347 e. The molecule has 0 radical (unpaired) electrons. The molecular formula is C15H17F3N4O2S. The first-order chi connectivity index (χ1) is 11.8. The first kappa shape index (κ1) is 17.9. The molecule has 1 aliphatic rings. The molecule has 1 N–H and O–H groups in total. The standard InChI is InChI=1S/C15H17F3N4O2S/c16-15(17,18)9-19-13(24)10-1-3-21(4-2-10)8-11-7-12(23)22-5-6-25-14(22)20-11/h5-7,10H,1-4,8-9H2,(H,19,24). The minimum Gasteiger partial charge on any atom is -0.347 e. The Hall–Kier alpha value is -1.94. The molecule has 0 spiro atoms. The molecule has 0 aliphatic carbocycles. The normalized spacial score (nSPS) is 17.1. The lowest BCUT2D eigenvalue weighted by Gasteiger charge is -2.31. The molecule has 3 heterocycles. The van der Waals surface area contributed by atoms with Gasteiger partial charge in [-0.2, -0.15) is 13.2 Å². The van der Waals surface area contributed by atoms with Crippen LogP contribution >= 0.6 is 11.3 Å². The van der Waals surface area contributed by atoms with Crippen LogP contribution in [0.2, 0.25) is 0 Å². The summed E-state index contributed by atoms with van der Waals surface area (Å²) in [5.74, 6) is -0.953. The largest absolute Gasteiger partial charge is 0.405 e. The Morgan fingerprint density at radius 1 is 1.36 bits per heavy atom. The maximum Gasteiger partial charge on any atom is 0.405 e. The van der Waals surface area contributed by atoms with Crippen molar-refractivity contribution in [2.75, 3.05) is 19.6 Å². The van der Waals surface area contributed by atoms with Crippen LogP contribution in [0.1, 0.15) is 18.5 Å². The summed E-state index contributed by atoms with van der Waals surface area (Å²) in [6, 6.07) is 1.49. The van der Waals surface area contributed by atoms with Crippen molar-refractivity contribution in [3.8, 4) is 0 Å². The van der Waals surface area contributed by atoms with Gasteiger partial charge in [-0.05, 0) is 25.9 Å². The van der Waals surface area contributed by atoms with E-state index in [0.717, 1.165) is 0 Å². The number of nitrogens with one attached hydrogen (secondary N) is 1. The number of hydrogen-bond acceptors (Lipinski definition) is 5. The second-order valence-electron chi connectivity index (χ2n) is 6.02. The number of thiazole rings is 1. The fraction of sp³-hybridized carbons (Fsp3) is 0.533. The predicted molar refractivity (Wildman–Crippen MR) is 86.4 cm³/mol. The van der Waals surface area contributed by atoms with Gasteiger partial charge in [0.1, 0.15) is 6.54 Å². The van der Waals surface area contributed by atoms with Crippen molar-refractivity contribution in [1.82, 2.24) is 19.6 Å². The number of halogens is 3. The van der Waals surface area contributed by atoms with Crippen molar-refractivity contribution in [2.24, 2.45) is 5.92 Å². The van der Waals surface area contributed by atoms with Crippen molar-refractivity contribution in [1.29, 1.82) is 0 Å². The zero-order valence-corrected chi connectivity index (χ0v) is 14.1. The third-order valence-corrected chi connectivity index (χ3v) is 4.92. The van der Waals surface area contributed by atoms with E-state index in [1.54, 1.807) is 11.6 Å². The van der Waals surface area contributed by atoms with Crippen LogP contribution in [0, 0.1) is 5.92 Å². The van der Waals surface area contributed by atoms with Crippen molar-refractivity contribution in [3.63, 3.8) is 0 Å².